The number of carbonyl (C=O) groups is 1. The van der Waals surface area contributed by atoms with Gasteiger partial charge in [0.1, 0.15) is 5.75 Å². The lowest BCUT2D eigenvalue weighted by molar-refractivity contribution is -0.118. The normalized spacial score (nSPS) is 11.2. The molecule has 2 rings (SSSR count). The highest BCUT2D eigenvalue weighted by atomic mass is 16.5. The van der Waals surface area contributed by atoms with Crippen LogP contribution in [0.3, 0.4) is 0 Å². The predicted octanol–water partition coefficient (Wildman–Crippen LogP) is 4.20. The summed E-state index contributed by atoms with van der Waals surface area (Å²) in [5.41, 5.74) is 10.5. The average Bonchev–Trinajstić information content (AvgIpc) is 2.48. The number of anilines is 2. The van der Waals surface area contributed by atoms with Crippen LogP contribution in [0.2, 0.25) is 0 Å². The molecule has 0 fully saturated rings. The van der Waals surface area contributed by atoms with Crippen molar-refractivity contribution in [3.8, 4) is 5.75 Å². The monoisotopic (exact) mass is 326 g/mol. The summed E-state index contributed by atoms with van der Waals surface area (Å²) in [6.45, 7) is 10.3. The van der Waals surface area contributed by atoms with E-state index in [1.807, 2.05) is 50.2 Å². The standard InChI is InChI=1S/C20H26N2O2/c1-13-10-16(21)11-14(2)19(13)22-18(23)12-24-17-8-6-15(7-9-17)20(3,4)5/h6-11H,12,21H2,1-5H3,(H,22,23). The Morgan fingerprint density at radius 2 is 1.62 bits per heavy atom. The van der Waals surface area contributed by atoms with E-state index in [1.54, 1.807) is 0 Å². The van der Waals surface area contributed by atoms with Crippen molar-refractivity contribution in [3.63, 3.8) is 0 Å². The molecule has 2 aromatic rings. The van der Waals surface area contributed by atoms with Gasteiger partial charge in [0.15, 0.2) is 6.61 Å². The molecule has 0 saturated heterocycles. The Labute approximate surface area is 144 Å². The number of rotatable bonds is 4. The van der Waals surface area contributed by atoms with Crippen molar-refractivity contribution in [1.29, 1.82) is 0 Å². The third-order valence-corrected chi connectivity index (χ3v) is 3.91. The maximum Gasteiger partial charge on any atom is 0.262 e. The second-order valence-electron chi connectivity index (χ2n) is 7.14. The fourth-order valence-corrected chi connectivity index (χ4v) is 2.57. The first-order chi connectivity index (χ1) is 11.2. The third kappa shape index (κ3) is 4.51. The van der Waals surface area contributed by atoms with Gasteiger partial charge in [-0.2, -0.15) is 0 Å². The fourth-order valence-electron chi connectivity index (χ4n) is 2.57. The van der Waals surface area contributed by atoms with Crippen molar-refractivity contribution in [2.45, 2.75) is 40.0 Å². The quantitative estimate of drug-likeness (QED) is 0.828. The van der Waals surface area contributed by atoms with Gasteiger partial charge in [0.25, 0.3) is 5.91 Å². The number of aryl methyl sites for hydroxylation is 2. The summed E-state index contributed by atoms with van der Waals surface area (Å²) in [6.07, 6.45) is 0. The molecule has 0 aromatic heterocycles. The molecule has 4 nitrogen and oxygen atoms in total. The van der Waals surface area contributed by atoms with Crippen molar-refractivity contribution in [2.24, 2.45) is 0 Å². The van der Waals surface area contributed by atoms with Crippen LogP contribution in [-0.4, -0.2) is 12.5 Å². The molecule has 24 heavy (non-hydrogen) atoms. The van der Waals surface area contributed by atoms with Crippen LogP contribution in [0.15, 0.2) is 36.4 Å². The molecule has 0 aliphatic rings. The van der Waals surface area contributed by atoms with Gasteiger partial charge in [0, 0.05) is 11.4 Å². The molecular formula is C20H26N2O2. The third-order valence-electron chi connectivity index (χ3n) is 3.91. The second kappa shape index (κ2) is 6.95. The summed E-state index contributed by atoms with van der Waals surface area (Å²) in [4.78, 5) is 12.1. The van der Waals surface area contributed by atoms with Gasteiger partial charge in [-0.05, 0) is 60.2 Å². The van der Waals surface area contributed by atoms with Crippen LogP contribution < -0.4 is 15.8 Å². The van der Waals surface area contributed by atoms with Crippen LogP contribution in [0.5, 0.6) is 5.75 Å². The van der Waals surface area contributed by atoms with Crippen LogP contribution in [-0.2, 0) is 10.2 Å². The SMILES string of the molecule is Cc1cc(N)cc(C)c1NC(=O)COc1ccc(C(C)(C)C)cc1. The summed E-state index contributed by atoms with van der Waals surface area (Å²) in [5.74, 6) is 0.495. The Hall–Kier alpha value is -2.49. The molecule has 0 unspecified atom stereocenters. The molecule has 0 aliphatic heterocycles. The number of nitrogen functional groups attached to an aromatic ring is 1. The predicted molar refractivity (Wildman–Crippen MR) is 99.6 cm³/mol. The highest BCUT2D eigenvalue weighted by molar-refractivity contribution is 5.93. The maximum atomic E-state index is 12.1. The lowest BCUT2D eigenvalue weighted by Gasteiger charge is -2.19. The zero-order valence-corrected chi connectivity index (χ0v) is 15.1. The number of ether oxygens (including phenoxy) is 1. The van der Waals surface area contributed by atoms with Crippen LogP contribution in [0, 0.1) is 13.8 Å². The van der Waals surface area contributed by atoms with Gasteiger partial charge < -0.3 is 15.8 Å². The molecule has 0 atom stereocenters. The number of carbonyl (C=O) groups excluding carboxylic acids is 1. The summed E-state index contributed by atoms with van der Waals surface area (Å²) in [6, 6.07) is 11.5. The minimum Gasteiger partial charge on any atom is -0.484 e. The summed E-state index contributed by atoms with van der Waals surface area (Å²) < 4.78 is 5.57. The molecule has 1 amide bonds. The molecule has 0 bridgehead atoms. The molecule has 0 spiro atoms. The van der Waals surface area contributed by atoms with E-state index in [4.69, 9.17) is 10.5 Å². The van der Waals surface area contributed by atoms with Crippen molar-refractivity contribution in [1.82, 2.24) is 0 Å². The number of amides is 1. The van der Waals surface area contributed by atoms with Gasteiger partial charge in [-0.1, -0.05) is 32.9 Å². The Morgan fingerprint density at radius 1 is 1.08 bits per heavy atom. The number of nitrogens with one attached hydrogen (secondary N) is 1. The zero-order valence-electron chi connectivity index (χ0n) is 15.1. The van der Waals surface area contributed by atoms with Crippen molar-refractivity contribution < 1.29 is 9.53 Å². The molecule has 0 heterocycles. The van der Waals surface area contributed by atoms with E-state index in [1.165, 1.54) is 5.56 Å². The van der Waals surface area contributed by atoms with Gasteiger partial charge in [0.2, 0.25) is 0 Å². The van der Waals surface area contributed by atoms with Crippen LogP contribution in [0.1, 0.15) is 37.5 Å². The Morgan fingerprint density at radius 3 is 2.12 bits per heavy atom. The minimum absolute atomic E-state index is 0.0296. The fraction of sp³-hybridized carbons (Fsp3) is 0.350. The van der Waals surface area contributed by atoms with Gasteiger partial charge in [-0.3, -0.25) is 4.79 Å². The molecule has 128 valence electrons. The molecule has 0 saturated carbocycles. The summed E-state index contributed by atoms with van der Waals surface area (Å²) in [7, 11) is 0. The lowest BCUT2D eigenvalue weighted by atomic mass is 9.87. The van der Waals surface area contributed by atoms with Gasteiger partial charge in [-0.15, -0.1) is 0 Å². The van der Waals surface area contributed by atoms with Crippen LogP contribution in [0.25, 0.3) is 0 Å². The van der Waals surface area contributed by atoms with Gasteiger partial charge in [-0.25, -0.2) is 0 Å². The largest absolute Gasteiger partial charge is 0.484 e. The first kappa shape index (κ1) is 17.9. The molecule has 2 aromatic carbocycles. The molecule has 4 heteroatoms. The van der Waals surface area contributed by atoms with Crippen molar-refractivity contribution in [3.05, 3.63) is 53.1 Å². The first-order valence-electron chi connectivity index (χ1n) is 8.07. The summed E-state index contributed by atoms with van der Waals surface area (Å²) in [5, 5.41) is 2.89. The van der Waals surface area contributed by atoms with E-state index >= 15 is 0 Å². The van der Waals surface area contributed by atoms with Gasteiger partial charge in [0.05, 0.1) is 0 Å². The van der Waals surface area contributed by atoms with E-state index in [9.17, 15) is 4.79 Å². The van der Waals surface area contributed by atoms with Crippen LogP contribution in [0.4, 0.5) is 11.4 Å². The lowest BCUT2D eigenvalue weighted by Crippen LogP contribution is -2.21. The number of nitrogens with two attached hydrogens (primary N) is 1. The highest BCUT2D eigenvalue weighted by Gasteiger charge is 2.13. The van der Waals surface area contributed by atoms with Gasteiger partial charge >= 0.3 is 0 Å². The Bertz CT molecular complexity index is 705. The molecular weight excluding hydrogens is 300 g/mol. The highest BCUT2D eigenvalue weighted by Crippen LogP contribution is 2.25. The number of hydrogen-bond donors (Lipinski definition) is 2. The topological polar surface area (TPSA) is 64.3 Å². The zero-order chi connectivity index (χ0) is 17.9. The number of hydrogen-bond acceptors (Lipinski definition) is 3. The maximum absolute atomic E-state index is 12.1. The molecule has 0 radical (unpaired) electrons. The van der Waals surface area contributed by atoms with E-state index in [-0.39, 0.29) is 17.9 Å². The number of benzene rings is 2. The van der Waals surface area contributed by atoms with Crippen molar-refractivity contribution >= 4 is 17.3 Å². The van der Waals surface area contributed by atoms with E-state index < -0.39 is 0 Å². The molecule has 3 N–H and O–H groups in total. The average molecular weight is 326 g/mol. The van der Waals surface area contributed by atoms with Crippen molar-refractivity contribution in [2.75, 3.05) is 17.7 Å². The Kier molecular flexibility index (Phi) is 5.17. The smallest absolute Gasteiger partial charge is 0.262 e. The second-order valence-corrected chi connectivity index (χ2v) is 7.14. The molecule has 0 aliphatic carbocycles. The minimum atomic E-state index is -0.189. The van der Waals surface area contributed by atoms with E-state index in [0.717, 1.165) is 16.8 Å². The van der Waals surface area contributed by atoms with E-state index in [0.29, 0.717) is 11.4 Å². The van der Waals surface area contributed by atoms with E-state index in [2.05, 4.69) is 26.1 Å². The Balaban J connectivity index is 1.97. The summed E-state index contributed by atoms with van der Waals surface area (Å²) >= 11 is 0. The first-order valence-corrected chi connectivity index (χ1v) is 8.07. The van der Waals surface area contributed by atoms with Crippen LogP contribution >= 0.6 is 0 Å².